The van der Waals surface area contributed by atoms with Crippen LogP contribution >= 0.6 is 0 Å². The number of aryl methyl sites for hydroxylation is 1. The van der Waals surface area contributed by atoms with Crippen LogP contribution in [0.25, 0.3) is 0 Å². The fourth-order valence-electron chi connectivity index (χ4n) is 1.38. The van der Waals surface area contributed by atoms with Crippen LogP contribution in [-0.4, -0.2) is 42.4 Å². The van der Waals surface area contributed by atoms with Crippen molar-refractivity contribution in [1.82, 2.24) is 20.9 Å². The lowest BCUT2D eigenvalue weighted by Crippen LogP contribution is -2.42. The number of rotatable bonds is 8. The van der Waals surface area contributed by atoms with Crippen molar-refractivity contribution >= 4 is 5.96 Å². The van der Waals surface area contributed by atoms with Gasteiger partial charge in [-0.05, 0) is 20.3 Å². The van der Waals surface area contributed by atoms with Crippen LogP contribution in [-0.2, 0) is 11.2 Å². The summed E-state index contributed by atoms with van der Waals surface area (Å²) >= 11 is 0. The summed E-state index contributed by atoms with van der Waals surface area (Å²) in [5, 5.41) is 6.78. The largest absolute Gasteiger partial charge is 0.382 e. The first-order valence-electron chi connectivity index (χ1n) is 6.38. The molecule has 0 aliphatic rings. The van der Waals surface area contributed by atoms with E-state index in [4.69, 9.17) is 15.1 Å². The average Bonchev–Trinajstić information content (AvgIpc) is 2.82. The van der Waals surface area contributed by atoms with Crippen LogP contribution in [0.5, 0.6) is 0 Å². The Hall–Kier alpha value is -1.67. The number of hydrazine groups is 1. The van der Waals surface area contributed by atoms with Crippen molar-refractivity contribution in [3.05, 3.63) is 11.7 Å². The molecule has 0 amide bonds. The third-order valence-electron chi connectivity index (χ3n) is 2.26. The molecular weight excluding hydrogens is 248 g/mol. The van der Waals surface area contributed by atoms with E-state index in [1.807, 2.05) is 6.92 Å². The molecule has 1 heterocycles. The maximum absolute atomic E-state index is 5.37. The topological polar surface area (TPSA) is 111 Å². The molecule has 0 aliphatic carbocycles. The molecule has 8 heteroatoms. The summed E-state index contributed by atoms with van der Waals surface area (Å²) in [4.78, 5) is 8.38. The minimum Gasteiger partial charge on any atom is -0.382 e. The van der Waals surface area contributed by atoms with Crippen molar-refractivity contribution in [2.45, 2.75) is 26.7 Å². The summed E-state index contributed by atoms with van der Waals surface area (Å²) in [7, 11) is 0. The van der Waals surface area contributed by atoms with Gasteiger partial charge in [-0.15, -0.1) is 0 Å². The standard InChI is InChI=1S/C11H22N6O2/c1-3-18-8-4-6-13-11(16-12)14-7-5-10-15-9(2)17-19-10/h3-8,12H2,1-2H3,(H2,13,14,16). The molecule has 0 fully saturated rings. The molecule has 108 valence electrons. The number of hydrogen-bond acceptors (Lipinski definition) is 6. The second-order valence-electron chi connectivity index (χ2n) is 3.84. The highest BCUT2D eigenvalue weighted by Gasteiger charge is 2.02. The minimum atomic E-state index is 0.549. The van der Waals surface area contributed by atoms with Gasteiger partial charge >= 0.3 is 0 Å². The van der Waals surface area contributed by atoms with Crippen molar-refractivity contribution in [1.29, 1.82) is 0 Å². The molecule has 0 bridgehead atoms. The van der Waals surface area contributed by atoms with E-state index in [1.165, 1.54) is 0 Å². The Morgan fingerprint density at radius 3 is 3.00 bits per heavy atom. The minimum absolute atomic E-state index is 0.549. The molecule has 1 aromatic rings. The highest BCUT2D eigenvalue weighted by Crippen LogP contribution is 1.95. The number of guanidine groups is 1. The Bertz CT molecular complexity index is 379. The highest BCUT2D eigenvalue weighted by molar-refractivity contribution is 5.79. The summed E-state index contributed by atoms with van der Waals surface area (Å²) in [5.41, 5.74) is 2.52. The molecule has 0 radical (unpaired) electrons. The van der Waals surface area contributed by atoms with Crippen LogP contribution in [0, 0.1) is 6.92 Å². The maximum Gasteiger partial charge on any atom is 0.228 e. The molecule has 0 aliphatic heterocycles. The van der Waals surface area contributed by atoms with Gasteiger partial charge in [0.05, 0.1) is 0 Å². The monoisotopic (exact) mass is 270 g/mol. The predicted octanol–water partition coefficient (Wildman–Crippen LogP) is -0.244. The second kappa shape index (κ2) is 9.29. The molecule has 4 N–H and O–H groups in total. The van der Waals surface area contributed by atoms with E-state index in [0.717, 1.165) is 13.0 Å². The fourth-order valence-corrected chi connectivity index (χ4v) is 1.38. The second-order valence-corrected chi connectivity index (χ2v) is 3.84. The summed E-state index contributed by atoms with van der Waals surface area (Å²) in [6.45, 7) is 6.47. The van der Waals surface area contributed by atoms with Crippen molar-refractivity contribution < 1.29 is 9.26 Å². The molecule has 1 rings (SSSR count). The summed E-state index contributed by atoms with van der Waals surface area (Å²) in [6.07, 6.45) is 1.49. The maximum atomic E-state index is 5.37. The zero-order valence-electron chi connectivity index (χ0n) is 11.5. The molecule has 0 saturated heterocycles. The normalized spacial score (nSPS) is 11.6. The van der Waals surface area contributed by atoms with Gasteiger partial charge in [-0.2, -0.15) is 4.98 Å². The van der Waals surface area contributed by atoms with E-state index in [-0.39, 0.29) is 0 Å². The molecule has 0 unspecified atom stereocenters. The molecule has 0 saturated carbocycles. The Morgan fingerprint density at radius 2 is 2.37 bits per heavy atom. The van der Waals surface area contributed by atoms with E-state index < -0.39 is 0 Å². The number of ether oxygens (including phenoxy) is 1. The lowest BCUT2D eigenvalue weighted by molar-refractivity contribution is 0.146. The van der Waals surface area contributed by atoms with E-state index in [1.54, 1.807) is 6.92 Å². The Morgan fingerprint density at radius 1 is 1.53 bits per heavy atom. The molecule has 0 aromatic carbocycles. The van der Waals surface area contributed by atoms with Gasteiger partial charge in [0, 0.05) is 32.7 Å². The van der Waals surface area contributed by atoms with Crippen molar-refractivity contribution in [3.8, 4) is 0 Å². The average molecular weight is 270 g/mol. The van der Waals surface area contributed by atoms with Gasteiger partial charge in [-0.25, -0.2) is 5.84 Å². The van der Waals surface area contributed by atoms with Crippen LogP contribution in [0.3, 0.4) is 0 Å². The van der Waals surface area contributed by atoms with Gasteiger partial charge in [0.1, 0.15) is 0 Å². The van der Waals surface area contributed by atoms with Crippen LogP contribution in [0.1, 0.15) is 25.1 Å². The van der Waals surface area contributed by atoms with E-state index in [0.29, 0.717) is 43.8 Å². The first-order valence-corrected chi connectivity index (χ1v) is 6.38. The SMILES string of the molecule is CCOCCCN=C(NN)NCCc1nc(C)no1. The predicted molar refractivity (Wildman–Crippen MR) is 71.5 cm³/mol. The Kier molecular flexibility index (Phi) is 7.52. The van der Waals surface area contributed by atoms with Gasteiger partial charge in [-0.3, -0.25) is 10.4 Å². The highest BCUT2D eigenvalue weighted by atomic mass is 16.5. The van der Waals surface area contributed by atoms with Gasteiger partial charge in [0.2, 0.25) is 11.9 Å². The number of nitrogens with one attached hydrogen (secondary N) is 2. The quantitative estimate of drug-likeness (QED) is 0.196. The van der Waals surface area contributed by atoms with Gasteiger partial charge in [0.15, 0.2) is 5.82 Å². The third kappa shape index (κ3) is 6.73. The van der Waals surface area contributed by atoms with Gasteiger partial charge < -0.3 is 14.6 Å². The number of nitrogens with two attached hydrogens (primary N) is 1. The van der Waals surface area contributed by atoms with E-state index in [2.05, 4.69) is 25.9 Å². The molecule has 8 nitrogen and oxygen atoms in total. The number of aliphatic imine (C=N–C) groups is 1. The smallest absolute Gasteiger partial charge is 0.228 e. The summed E-state index contributed by atoms with van der Waals surface area (Å²) < 4.78 is 10.2. The zero-order valence-corrected chi connectivity index (χ0v) is 11.5. The van der Waals surface area contributed by atoms with Crippen molar-refractivity contribution in [2.24, 2.45) is 10.8 Å². The van der Waals surface area contributed by atoms with Gasteiger partial charge in [-0.1, -0.05) is 5.16 Å². The molecular formula is C11H22N6O2. The van der Waals surface area contributed by atoms with Gasteiger partial charge in [0.25, 0.3) is 0 Å². The van der Waals surface area contributed by atoms with Crippen LogP contribution < -0.4 is 16.6 Å². The Balaban J connectivity index is 2.18. The number of nitrogens with zero attached hydrogens (tertiary/aromatic N) is 3. The van der Waals surface area contributed by atoms with Crippen LogP contribution in [0.4, 0.5) is 0 Å². The van der Waals surface area contributed by atoms with Crippen molar-refractivity contribution in [2.75, 3.05) is 26.3 Å². The molecule has 0 spiro atoms. The zero-order chi connectivity index (χ0) is 13.9. The molecule has 1 aromatic heterocycles. The lowest BCUT2D eigenvalue weighted by Gasteiger charge is -2.07. The molecule has 19 heavy (non-hydrogen) atoms. The summed E-state index contributed by atoms with van der Waals surface area (Å²) in [6, 6.07) is 0. The third-order valence-corrected chi connectivity index (χ3v) is 2.26. The number of hydrogen-bond donors (Lipinski definition) is 3. The van der Waals surface area contributed by atoms with Crippen molar-refractivity contribution in [3.63, 3.8) is 0 Å². The first-order chi connectivity index (χ1) is 9.26. The summed E-state index contributed by atoms with van der Waals surface area (Å²) in [5.74, 6) is 7.15. The Labute approximate surface area is 112 Å². The first kappa shape index (κ1) is 15.4. The van der Waals surface area contributed by atoms with Crippen LogP contribution in [0.2, 0.25) is 0 Å². The molecule has 0 atom stereocenters. The number of aromatic nitrogens is 2. The van der Waals surface area contributed by atoms with E-state index in [9.17, 15) is 0 Å². The fraction of sp³-hybridized carbons (Fsp3) is 0.727. The van der Waals surface area contributed by atoms with E-state index >= 15 is 0 Å². The lowest BCUT2D eigenvalue weighted by atomic mass is 10.4. The van der Waals surface area contributed by atoms with Crippen LogP contribution in [0.15, 0.2) is 9.52 Å².